The van der Waals surface area contributed by atoms with Crippen LogP contribution in [0.25, 0.3) is 10.9 Å². The van der Waals surface area contributed by atoms with Crippen LogP contribution in [0.2, 0.25) is 0 Å². The molecule has 0 aliphatic carbocycles. The fourth-order valence-electron chi connectivity index (χ4n) is 1.68. The molecule has 0 saturated carbocycles. The molecule has 1 heterocycles. The number of methoxy groups -OCH3 is 1. The lowest BCUT2D eigenvalue weighted by Gasteiger charge is -2.26. The van der Waals surface area contributed by atoms with E-state index in [4.69, 9.17) is 10.5 Å². The molecule has 1 aromatic heterocycles. The highest BCUT2D eigenvalue weighted by atomic mass is 16.5. The maximum atomic E-state index is 5.74. The van der Waals surface area contributed by atoms with Crippen LogP contribution in [0.5, 0.6) is 0 Å². The lowest BCUT2D eigenvalue weighted by Crippen LogP contribution is -2.33. The zero-order valence-corrected chi connectivity index (χ0v) is 9.60. The molecule has 3 nitrogen and oxygen atoms in total. The molecule has 0 aliphatic heterocycles. The summed E-state index contributed by atoms with van der Waals surface area (Å²) < 4.78 is 5.46. The van der Waals surface area contributed by atoms with E-state index in [1.54, 1.807) is 7.11 Å². The van der Waals surface area contributed by atoms with E-state index < -0.39 is 5.60 Å². The minimum absolute atomic E-state index is 0.434. The summed E-state index contributed by atoms with van der Waals surface area (Å²) in [4.78, 5) is 4.41. The Labute approximate surface area is 95.2 Å². The van der Waals surface area contributed by atoms with Gasteiger partial charge in [-0.3, -0.25) is 4.98 Å². The molecular formula is C13H16N2O. The average molecular weight is 216 g/mol. The Hall–Kier alpha value is -1.45. The van der Waals surface area contributed by atoms with Crippen LogP contribution >= 0.6 is 0 Å². The van der Waals surface area contributed by atoms with Crippen molar-refractivity contribution < 1.29 is 4.74 Å². The van der Waals surface area contributed by atoms with E-state index in [0.29, 0.717) is 6.54 Å². The van der Waals surface area contributed by atoms with Crippen LogP contribution in [-0.2, 0) is 10.3 Å². The first-order valence-electron chi connectivity index (χ1n) is 5.30. The van der Waals surface area contributed by atoms with E-state index in [-0.39, 0.29) is 0 Å². The number of aromatic nitrogens is 1. The quantitative estimate of drug-likeness (QED) is 0.854. The molecular weight excluding hydrogens is 200 g/mol. The van der Waals surface area contributed by atoms with Crippen LogP contribution in [0.4, 0.5) is 0 Å². The van der Waals surface area contributed by atoms with Gasteiger partial charge in [-0.05, 0) is 19.1 Å². The smallest absolute Gasteiger partial charge is 0.104 e. The summed E-state index contributed by atoms with van der Waals surface area (Å²) >= 11 is 0. The molecule has 2 aromatic rings. The number of hydrogen-bond acceptors (Lipinski definition) is 3. The molecule has 0 fully saturated rings. The van der Waals surface area contributed by atoms with E-state index in [1.165, 1.54) is 0 Å². The van der Waals surface area contributed by atoms with Gasteiger partial charge in [-0.1, -0.05) is 18.2 Å². The molecule has 0 saturated heterocycles. The molecule has 3 heteroatoms. The molecule has 0 aliphatic rings. The van der Waals surface area contributed by atoms with Crippen molar-refractivity contribution in [3.05, 3.63) is 42.1 Å². The van der Waals surface area contributed by atoms with Gasteiger partial charge in [0, 0.05) is 30.8 Å². The van der Waals surface area contributed by atoms with Gasteiger partial charge in [-0.25, -0.2) is 0 Å². The molecule has 0 spiro atoms. The number of hydrogen-bond donors (Lipinski definition) is 1. The molecule has 2 N–H and O–H groups in total. The van der Waals surface area contributed by atoms with Crippen molar-refractivity contribution in [2.24, 2.45) is 5.73 Å². The van der Waals surface area contributed by atoms with Gasteiger partial charge in [0.15, 0.2) is 0 Å². The fraction of sp³-hybridized carbons (Fsp3) is 0.308. The molecule has 1 aromatic carbocycles. The van der Waals surface area contributed by atoms with E-state index in [1.807, 2.05) is 37.4 Å². The predicted octanol–water partition coefficient (Wildman–Crippen LogP) is 2.06. The van der Waals surface area contributed by atoms with Crippen molar-refractivity contribution >= 4 is 10.9 Å². The second-order valence-corrected chi connectivity index (χ2v) is 4.06. The summed E-state index contributed by atoms with van der Waals surface area (Å²) in [7, 11) is 1.67. The average Bonchev–Trinajstić information content (AvgIpc) is 2.37. The van der Waals surface area contributed by atoms with Crippen molar-refractivity contribution in [2.45, 2.75) is 12.5 Å². The summed E-state index contributed by atoms with van der Waals surface area (Å²) in [6, 6.07) is 10.1. The van der Waals surface area contributed by atoms with Crippen molar-refractivity contribution in [1.82, 2.24) is 4.98 Å². The number of ether oxygens (including phenoxy) is 1. The van der Waals surface area contributed by atoms with Gasteiger partial charge < -0.3 is 10.5 Å². The van der Waals surface area contributed by atoms with Gasteiger partial charge in [0.05, 0.1) is 5.52 Å². The number of nitrogens with zero attached hydrogens (tertiary/aromatic N) is 1. The van der Waals surface area contributed by atoms with E-state index in [0.717, 1.165) is 16.5 Å². The van der Waals surface area contributed by atoms with Crippen molar-refractivity contribution in [1.29, 1.82) is 0 Å². The number of pyridine rings is 1. The standard InChI is InChI=1S/C13H16N2O/c1-13(9-14,16-2)11-7-10-5-3-4-6-12(10)15-8-11/h3-8H,9,14H2,1-2H3. The van der Waals surface area contributed by atoms with Crippen LogP contribution < -0.4 is 5.73 Å². The van der Waals surface area contributed by atoms with Crippen LogP contribution in [0, 0.1) is 0 Å². The second-order valence-electron chi connectivity index (χ2n) is 4.06. The molecule has 16 heavy (non-hydrogen) atoms. The normalized spacial score (nSPS) is 14.9. The van der Waals surface area contributed by atoms with Gasteiger partial charge in [0.25, 0.3) is 0 Å². The third kappa shape index (κ3) is 1.79. The third-order valence-electron chi connectivity index (χ3n) is 3.04. The molecule has 0 bridgehead atoms. The lowest BCUT2D eigenvalue weighted by atomic mass is 9.96. The number of benzene rings is 1. The minimum Gasteiger partial charge on any atom is -0.372 e. The Kier molecular flexibility index (Phi) is 2.90. The first kappa shape index (κ1) is 11.0. The third-order valence-corrected chi connectivity index (χ3v) is 3.04. The summed E-state index contributed by atoms with van der Waals surface area (Å²) in [6.45, 7) is 2.41. The maximum Gasteiger partial charge on any atom is 0.104 e. The lowest BCUT2D eigenvalue weighted by molar-refractivity contribution is 0.00993. The SMILES string of the molecule is COC(C)(CN)c1cnc2ccccc2c1. The number of nitrogens with two attached hydrogens (primary N) is 1. The highest BCUT2D eigenvalue weighted by Crippen LogP contribution is 2.25. The summed E-state index contributed by atoms with van der Waals surface area (Å²) in [5, 5.41) is 1.11. The van der Waals surface area contributed by atoms with E-state index in [2.05, 4.69) is 11.1 Å². The molecule has 0 radical (unpaired) electrons. The van der Waals surface area contributed by atoms with Gasteiger partial charge in [0.2, 0.25) is 0 Å². The highest BCUT2D eigenvalue weighted by Gasteiger charge is 2.24. The first-order chi connectivity index (χ1) is 7.69. The molecule has 1 atom stereocenters. The summed E-state index contributed by atoms with van der Waals surface area (Å²) in [5.74, 6) is 0. The zero-order valence-electron chi connectivity index (χ0n) is 9.60. The first-order valence-corrected chi connectivity index (χ1v) is 5.30. The van der Waals surface area contributed by atoms with Crippen LogP contribution in [0.1, 0.15) is 12.5 Å². The fourth-order valence-corrected chi connectivity index (χ4v) is 1.68. The molecule has 0 amide bonds. The van der Waals surface area contributed by atoms with E-state index >= 15 is 0 Å². The second kappa shape index (κ2) is 4.20. The van der Waals surface area contributed by atoms with Crippen LogP contribution in [-0.4, -0.2) is 18.6 Å². The van der Waals surface area contributed by atoms with Crippen molar-refractivity contribution in [3.63, 3.8) is 0 Å². The summed E-state index contributed by atoms with van der Waals surface area (Å²) in [6.07, 6.45) is 1.83. The topological polar surface area (TPSA) is 48.1 Å². The monoisotopic (exact) mass is 216 g/mol. The van der Waals surface area contributed by atoms with Crippen LogP contribution in [0.3, 0.4) is 0 Å². The Balaban J connectivity index is 2.54. The van der Waals surface area contributed by atoms with Crippen molar-refractivity contribution in [3.8, 4) is 0 Å². The maximum absolute atomic E-state index is 5.74. The number of para-hydroxylation sites is 1. The van der Waals surface area contributed by atoms with Gasteiger partial charge in [0.1, 0.15) is 5.60 Å². The molecule has 1 unspecified atom stereocenters. The largest absolute Gasteiger partial charge is 0.372 e. The van der Waals surface area contributed by atoms with Gasteiger partial charge in [-0.15, -0.1) is 0 Å². The number of fused-ring (bicyclic) bond motifs is 1. The Bertz CT molecular complexity index is 492. The minimum atomic E-state index is -0.461. The number of rotatable bonds is 3. The Morgan fingerprint density at radius 3 is 2.81 bits per heavy atom. The Morgan fingerprint density at radius 2 is 2.12 bits per heavy atom. The van der Waals surface area contributed by atoms with Crippen LogP contribution in [0.15, 0.2) is 36.5 Å². The Morgan fingerprint density at radius 1 is 1.38 bits per heavy atom. The van der Waals surface area contributed by atoms with Crippen molar-refractivity contribution in [2.75, 3.05) is 13.7 Å². The molecule has 2 rings (SSSR count). The summed E-state index contributed by atoms with van der Waals surface area (Å²) in [5.41, 5.74) is 7.28. The zero-order chi connectivity index (χ0) is 11.6. The van der Waals surface area contributed by atoms with E-state index in [9.17, 15) is 0 Å². The van der Waals surface area contributed by atoms with Gasteiger partial charge >= 0.3 is 0 Å². The highest BCUT2D eigenvalue weighted by molar-refractivity contribution is 5.78. The van der Waals surface area contributed by atoms with Gasteiger partial charge in [-0.2, -0.15) is 0 Å². The molecule has 84 valence electrons. The predicted molar refractivity (Wildman–Crippen MR) is 65.2 cm³/mol.